The number of methoxy groups -OCH3 is 1. The smallest absolute Gasteiger partial charge is 0.216 e. The molecule has 0 radical (unpaired) electrons. The number of rotatable bonds is 9. The molecule has 0 spiro atoms. The van der Waals surface area contributed by atoms with Crippen LogP contribution in [0.2, 0.25) is 0 Å². The molecule has 0 aliphatic heterocycles. The SMILES string of the molecule is CCCC(COC)NS(=O)(=O)Cc1ccc(CO)cc1. The summed E-state index contributed by atoms with van der Waals surface area (Å²) in [4.78, 5) is 0. The zero-order valence-corrected chi connectivity index (χ0v) is 12.8. The lowest BCUT2D eigenvalue weighted by atomic mass is 10.2. The zero-order chi connectivity index (χ0) is 15.0. The van der Waals surface area contributed by atoms with Crippen LogP contribution in [0.1, 0.15) is 30.9 Å². The number of aliphatic hydroxyl groups is 1. The van der Waals surface area contributed by atoms with E-state index in [4.69, 9.17) is 9.84 Å². The average Bonchev–Trinajstić information content (AvgIpc) is 2.39. The second-order valence-corrected chi connectivity index (χ2v) is 6.55. The van der Waals surface area contributed by atoms with Crippen LogP contribution in [-0.4, -0.2) is 33.3 Å². The third-order valence-corrected chi connectivity index (χ3v) is 4.32. The molecule has 0 aliphatic carbocycles. The molecule has 20 heavy (non-hydrogen) atoms. The normalized spacial score (nSPS) is 13.3. The van der Waals surface area contributed by atoms with E-state index in [0.29, 0.717) is 12.2 Å². The van der Waals surface area contributed by atoms with E-state index in [0.717, 1.165) is 18.4 Å². The topological polar surface area (TPSA) is 75.6 Å². The Balaban J connectivity index is 2.67. The van der Waals surface area contributed by atoms with Gasteiger partial charge in [0.25, 0.3) is 0 Å². The molecule has 0 fully saturated rings. The number of ether oxygens (including phenoxy) is 1. The highest BCUT2D eigenvalue weighted by molar-refractivity contribution is 7.88. The van der Waals surface area contributed by atoms with Crippen molar-refractivity contribution in [2.24, 2.45) is 0 Å². The first kappa shape index (κ1) is 17.1. The summed E-state index contributed by atoms with van der Waals surface area (Å²) in [6.45, 7) is 2.33. The van der Waals surface area contributed by atoms with Gasteiger partial charge in [-0.3, -0.25) is 0 Å². The Morgan fingerprint density at radius 2 is 1.85 bits per heavy atom. The number of aliphatic hydroxyl groups excluding tert-OH is 1. The van der Waals surface area contributed by atoms with Gasteiger partial charge in [0.15, 0.2) is 0 Å². The van der Waals surface area contributed by atoms with Crippen LogP contribution in [0.25, 0.3) is 0 Å². The number of nitrogens with one attached hydrogen (secondary N) is 1. The van der Waals surface area contributed by atoms with Crippen molar-refractivity contribution < 1.29 is 18.3 Å². The summed E-state index contributed by atoms with van der Waals surface area (Å²) in [5, 5.41) is 8.95. The summed E-state index contributed by atoms with van der Waals surface area (Å²) >= 11 is 0. The average molecular weight is 301 g/mol. The molecule has 0 saturated heterocycles. The molecule has 0 aliphatic rings. The lowest BCUT2D eigenvalue weighted by Crippen LogP contribution is -2.38. The second kappa shape index (κ2) is 8.36. The Labute approximate surface area is 121 Å². The Kier molecular flexibility index (Phi) is 7.15. The monoisotopic (exact) mass is 301 g/mol. The minimum absolute atomic E-state index is 0.0440. The molecule has 0 saturated carbocycles. The van der Waals surface area contributed by atoms with Gasteiger partial charge in [-0.1, -0.05) is 37.6 Å². The number of hydrogen-bond acceptors (Lipinski definition) is 4. The van der Waals surface area contributed by atoms with Crippen molar-refractivity contribution in [3.63, 3.8) is 0 Å². The van der Waals surface area contributed by atoms with Crippen LogP contribution in [0.4, 0.5) is 0 Å². The lowest BCUT2D eigenvalue weighted by molar-refractivity contribution is 0.171. The van der Waals surface area contributed by atoms with Crippen molar-refractivity contribution in [2.75, 3.05) is 13.7 Å². The molecule has 1 aromatic rings. The molecular weight excluding hydrogens is 278 g/mol. The van der Waals surface area contributed by atoms with Crippen LogP contribution in [0, 0.1) is 0 Å². The van der Waals surface area contributed by atoms with Crippen LogP contribution in [0.15, 0.2) is 24.3 Å². The van der Waals surface area contributed by atoms with Crippen LogP contribution in [0.5, 0.6) is 0 Å². The molecule has 1 rings (SSSR count). The van der Waals surface area contributed by atoms with Crippen molar-refractivity contribution in [1.29, 1.82) is 0 Å². The van der Waals surface area contributed by atoms with Gasteiger partial charge in [-0.2, -0.15) is 0 Å². The van der Waals surface area contributed by atoms with Crippen molar-refractivity contribution >= 4 is 10.0 Å². The standard InChI is InChI=1S/C14H23NO4S/c1-3-4-14(10-19-2)15-20(17,18)11-13-7-5-12(9-16)6-8-13/h5-8,14-16H,3-4,9-11H2,1-2H3. The van der Waals surface area contributed by atoms with Crippen LogP contribution in [-0.2, 0) is 27.1 Å². The maximum absolute atomic E-state index is 12.1. The zero-order valence-electron chi connectivity index (χ0n) is 12.0. The maximum Gasteiger partial charge on any atom is 0.216 e. The molecule has 0 amide bonds. The summed E-state index contributed by atoms with van der Waals surface area (Å²) in [6, 6.07) is 6.70. The Morgan fingerprint density at radius 1 is 1.25 bits per heavy atom. The summed E-state index contributed by atoms with van der Waals surface area (Å²) < 4.78 is 31.9. The summed E-state index contributed by atoms with van der Waals surface area (Å²) in [6.07, 6.45) is 1.64. The van der Waals surface area contributed by atoms with Crippen LogP contribution < -0.4 is 4.72 Å². The van der Waals surface area contributed by atoms with Gasteiger partial charge in [-0.25, -0.2) is 13.1 Å². The van der Waals surface area contributed by atoms with Crippen LogP contribution in [0.3, 0.4) is 0 Å². The fourth-order valence-electron chi connectivity index (χ4n) is 1.98. The molecule has 1 unspecified atom stereocenters. The first-order chi connectivity index (χ1) is 9.50. The summed E-state index contributed by atoms with van der Waals surface area (Å²) in [5.41, 5.74) is 1.46. The first-order valence-electron chi connectivity index (χ1n) is 6.68. The highest BCUT2D eigenvalue weighted by Gasteiger charge is 2.17. The molecule has 2 N–H and O–H groups in total. The molecule has 6 heteroatoms. The highest BCUT2D eigenvalue weighted by atomic mass is 32.2. The van der Waals surface area contributed by atoms with E-state index < -0.39 is 10.0 Å². The van der Waals surface area contributed by atoms with E-state index in [2.05, 4.69) is 4.72 Å². The van der Waals surface area contributed by atoms with Gasteiger partial charge in [-0.05, 0) is 17.5 Å². The molecule has 114 valence electrons. The van der Waals surface area contributed by atoms with E-state index in [-0.39, 0.29) is 18.4 Å². The molecule has 1 aromatic carbocycles. The predicted molar refractivity (Wildman–Crippen MR) is 78.7 cm³/mol. The second-order valence-electron chi connectivity index (χ2n) is 4.79. The van der Waals surface area contributed by atoms with E-state index in [1.807, 2.05) is 6.92 Å². The Morgan fingerprint density at radius 3 is 2.35 bits per heavy atom. The third-order valence-electron chi connectivity index (χ3n) is 2.91. The lowest BCUT2D eigenvalue weighted by Gasteiger charge is -2.17. The van der Waals surface area contributed by atoms with Crippen molar-refractivity contribution in [3.05, 3.63) is 35.4 Å². The van der Waals surface area contributed by atoms with Gasteiger partial charge in [0, 0.05) is 13.2 Å². The quantitative estimate of drug-likeness (QED) is 0.723. The van der Waals surface area contributed by atoms with Gasteiger partial charge < -0.3 is 9.84 Å². The first-order valence-corrected chi connectivity index (χ1v) is 8.33. The molecule has 0 aromatic heterocycles. The summed E-state index contributed by atoms with van der Waals surface area (Å²) in [5.74, 6) is -0.0668. The Bertz CT molecular complexity index is 478. The molecule has 0 heterocycles. The highest BCUT2D eigenvalue weighted by Crippen LogP contribution is 2.09. The van der Waals surface area contributed by atoms with E-state index in [1.165, 1.54) is 0 Å². The number of benzene rings is 1. The van der Waals surface area contributed by atoms with Gasteiger partial charge >= 0.3 is 0 Å². The fraction of sp³-hybridized carbons (Fsp3) is 0.571. The minimum atomic E-state index is -3.39. The molecular formula is C14H23NO4S. The molecule has 5 nitrogen and oxygen atoms in total. The van der Waals surface area contributed by atoms with Gasteiger partial charge in [-0.15, -0.1) is 0 Å². The van der Waals surface area contributed by atoms with Crippen molar-refractivity contribution in [1.82, 2.24) is 4.72 Å². The molecule has 1 atom stereocenters. The fourth-order valence-corrected chi connectivity index (χ4v) is 3.39. The van der Waals surface area contributed by atoms with Crippen molar-refractivity contribution in [2.45, 2.75) is 38.2 Å². The predicted octanol–water partition coefficient (Wildman–Crippen LogP) is 1.41. The maximum atomic E-state index is 12.1. The largest absolute Gasteiger partial charge is 0.392 e. The third kappa shape index (κ3) is 6.00. The van der Waals surface area contributed by atoms with E-state index in [9.17, 15) is 8.42 Å². The van der Waals surface area contributed by atoms with Gasteiger partial charge in [0.2, 0.25) is 10.0 Å². The van der Waals surface area contributed by atoms with Crippen LogP contribution >= 0.6 is 0 Å². The molecule has 0 bridgehead atoms. The van der Waals surface area contributed by atoms with Crippen molar-refractivity contribution in [3.8, 4) is 0 Å². The Hall–Kier alpha value is -0.950. The van der Waals surface area contributed by atoms with Gasteiger partial charge in [0.05, 0.1) is 19.0 Å². The summed E-state index contributed by atoms with van der Waals surface area (Å²) in [7, 11) is -1.83. The minimum Gasteiger partial charge on any atom is -0.392 e. The van der Waals surface area contributed by atoms with Gasteiger partial charge in [0.1, 0.15) is 0 Å². The number of hydrogen-bond donors (Lipinski definition) is 2. The van der Waals surface area contributed by atoms with E-state index in [1.54, 1.807) is 31.4 Å². The number of sulfonamides is 1. The van der Waals surface area contributed by atoms with E-state index >= 15 is 0 Å².